The summed E-state index contributed by atoms with van der Waals surface area (Å²) < 4.78 is 4.62. The van der Waals surface area contributed by atoms with Gasteiger partial charge in [-0.15, -0.1) is 0 Å². The molecule has 0 aliphatic carbocycles. The fourth-order valence-electron chi connectivity index (χ4n) is 0.317. The summed E-state index contributed by atoms with van der Waals surface area (Å²) in [6.07, 6.45) is 0.409. The van der Waals surface area contributed by atoms with Gasteiger partial charge in [0, 0.05) is 28.9 Å². The van der Waals surface area contributed by atoms with Crippen LogP contribution in [-0.4, -0.2) is 29.8 Å². The Morgan fingerprint density at radius 2 is 2.38 bits per heavy atom. The third kappa shape index (κ3) is 4.47. The molecular formula is C4H11O3P. The van der Waals surface area contributed by atoms with Gasteiger partial charge in [0.15, 0.2) is 0 Å². The van der Waals surface area contributed by atoms with E-state index in [0.29, 0.717) is 6.42 Å². The van der Waals surface area contributed by atoms with E-state index < -0.39 is 5.85 Å². The summed E-state index contributed by atoms with van der Waals surface area (Å²) in [6.45, 7) is 0.0253. The molecule has 0 aromatic heterocycles. The van der Waals surface area contributed by atoms with Gasteiger partial charge in [-0.2, -0.15) is 0 Å². The number of aliphatic hydroxyl groups excluding tert-OH is 2. The molecule has 0 saturated carbocycles. The molecule has 0 aliphatic heterocycles. The van der Waals surface area contributed by atoms with Gasteiger partial charge in [0.2, 0.25) is 0 Å². The summed E-state index contributed by atoms with van der Waals surface area (Å²) in [4.78, 5) is 0. The van der Waals surface area contributed by atoms with E-state index in [1.807, 2.05) is 0 Å². The summed E-state index contributed by atoms with van der Waals surface area (Å²) >= 11 is 0. The van der Waals surface area contributed by atoms with E-state index in [0.717, 1.165) is 0 Å². The van der Waals surface area contributed by atoms with Crippen molar-refractivity contribution >= 4 is 8.81 Å². The smallest absolute Gasteiger partial charge is 0.0973 e. The SMILES string of the molecule is COPC(O)CCO. The number of aliphatic hydroxyl groups is 2. The number of hydrogen-bond acceptors (Lipinski definition) is 3. The highest BCUT2D eigenvalue weighted by molar-refractivity contribution is 7.32. The van der Waals surface area contributed by atoms with Crippen LogP contribution in [0.2, 0.25) is 0 Å². The zero-order valence-corrected chi connectivity index (χ0v) is 5.79. The molecule has 0 aliphatic rings. The van der Waals surface area contributed by atoms with Crippen molar-refractivity contribution in [1.29, 1.82) is 0 Å². The highest BCUT2D eigenvalue weighted by Gasteiger charge is 1.99. The molecule has 2 unspecified atom stereocenters. The molecule has 0 amide bonds. The Hall–Kier alpha value is 0.310. The first-order valence-corrected chi connectivity index (χ1v) is 3.37. The van der Waals surface area contributed by atoms with Gasteiger partial charge in [0.1, 0.15) is 0 Å². The molecule has 0 spiro atoms. The maximum absolute atomic E-state index is 8.78. The lowest BCUT2D eigenvalue weighted by atomic mass is 10.5. The Morgan fingerprint density at radius 3 is 2.75 bits per heavy atom. The van der Waals surface area contributed by atoms with E-state index >= 15 is 0 Å². The average Bonchev–Trinajstić information content (AvgIpc) is 1.68. The van der Waals surface area contributed by atoms with E-state index in [1.54, 1.807) is 0 Å². The average molecular weight is 138 g/mol. The molecule has 0 heterocycles. The lowest BCUT2D eigenvalue weighted by molar-refractivity contribution is 0.188. The first-order chi connectivity index (χ1) is 3.81. The quantitative estimate of drug-likeness (QED) is 0.534. The highest BCUT2D eigenvalue weighted by Crippen LogP contribution is 2.18. The van der Waals surface area contributed by atoms with Crippen molar-refractivity contribution in [2.24, 2.45) is 0 Å². The second-order valence-corrected chi connectivity index (χ2v) is 2.66. The minimum Gasteiger partial charge on any atom is -0.396 e. The van der Waals surface area contributed by atoms with Crippen molar-refractivity contribution in [3.8, 4) is 0 Å². The summed E-state index contributed by atoms with van der Waals surface area (Å²) in [7, 11) is 1.62. The Morgan fingerprint density at radius 1 is 1.75 bits per heavy atom. The van der Waals surface area contributed by atoms with Crippen LogP contribution in [0.25, 0.3) is 0 Å². The molecule has 2 atom stereocenters. The van der Waals surface area contributed by atoms with Gasteiger partial charge in [-0.05, 0) is 0 Å². The van der Waals surface area contributed by atoms with Gasteiger partial charge in [0.05, 0.1) is 5.85 Å². The predicted molar refractivity (Wildman–Crippen MR) is 33.0 cm³/mol. The molecule has 0 radical (unpaired) electrons. The van der Waals surface area contributed by atoms with E-state index in [9.17, 15) is 0 Å². The monoisotopic (exact) mass is 138 g/mol. The molecule has 4 heteroatoms. The van der Waals surface area contributed by atoms with Crippen molar-refractivity contribution in [2.45, 2.75) is 12.3 Å². The molecule has 50 valence electrons. The van der Waals surface area contributed by atoms with Gasteiger partial charge < -0.3 is 14.7 Å². The van der Waals surface area contributed by atoms with Crippen molar-refractivity contribution in [3.63, 3.8) is 0 Å². The van der Waals surface area contributed by atoms with Crippen LogP contribution in [0, 0.1) is 0 Å². The van der Waals surface area contributed by atoms with E-state index in [4.69, 9.17) is 10.2 Å². The van der Waals surface area contributed by atoms with E-state index in [2.05, 4.69) is 4.52 Å². The van der Waals surface area contributed by atoms with Gasteiger partial charge in [-0.3, -0.25) is 0 Å². The van der Waals surface area contributed by atoms with Crippen LogP contribution in [0.4, 0.5) is 0 Å². The zero-order chi connectivity index (χ0) is 6.41. The summed E-state index contributed by atoms with van der Waals surface area (Å²) in [5.74, 6) is -0.481. The van der Waals surface area contributed by atoms with E-state index in [1.165, 1.54) is 7.11 Å². The standard InChI is InChI=1S/C4H11O3P/c1-7-8-4(6)2-3-5/h4-6,8H,2-3H2,1H3. The van der Waals surface area contributed by atoms with E-state index in [-0.39, 0.29) is 15.4 Å². The molecule has 2 N–H and O–H groups in total. The van der Waals surface area contributed by atoms with Crippen LogP contribution in [-0.2, 0) is 4.52 Å². The maximum Gasteiger partial charge on any atom is 0.0973 e. The molecular weight excluding hydrogens is 127 g/mol. The minimum atomic E-state index is -0.481. The number of rotatable bonds is 4. The fourth-order valence-corrected chi connectivity index (χ4v) is 0.836. The molecule has 3 nitrogen and oxygen atoms in total. The second-order valence-electron chi connectivity index (χ2n) is 1.35. The Labute approximate surface area is 50.5 Å². The van der Waals surface area contributed by atoms with Crippen molar-refractivity contribution in [1.82, 2.24) is 0 Å². The number of hydrogen-bond donors (Lipinski definition) is 2. The summed E-state index contributed by atoms with van der Waals surface area (Å²) in [5.41, 5.74) is 0. The van der Waals surface area contributed by atoms with Crippen LogP contribution < -0.4 is 0 Å². The van der Waals surface area contributed by atoms with Crippen molar-refractivity contribution < 1.29 is 14.7 Å². The van der Waals surface area contributed by atoms with Crippen LogP contribution >= 0.6 is 8.81 Å². The third-order valence-corrected chi connectivity index (χ3v) is 1.45. The van der Waals surface area contributed by atoms with Crippen molar-refractivity contribution in [2.75, 3.05) is 13.7 Å². The molecule has 0 rings (SSSR count). The first kappa shape index (κ1) is 8.31. The Bertz CT molecular complexity index is 44.5. The molecule has 0 aromatic carbocycles. The fraction of sp³-hybridized carbons (Fsp3) is 1.00. The highest BCUT2D eigenvalue weighted by atomic mass is 31.1. The van der Waals surface area contributed by atoms with Crippen LogP contribution in [0.3, 0.4) is 0 Å². The van der Waals surface area contributed by atoms with Gasteiger partial charge in [0.25, 0.3) is 0 Å². The maximum atomic E-state index is 8.78. The summed E-state index contributed by atoms with van der Waals surface area (Å²) in [5, 5.41) is 17.0. The minimum absolute atomic E-state index is 0.0253. The lowest BCUT2D eigenvalue weighted by Gasteiger charge is -2.04. The van der Waals surface area contributed by atoms with Crippen LogP contribution in [0.1, 0.15) is 6.42 Å². The topological polar surface area (TPSA) is 49.7 Å². The third-order valence-electron chi connectivity index (χ3n) is 0.656. The molecule has 0 saturated heterocycles. The van der Waals surface area contributed by atoms with Crippen LogP contribution in [0.5, 0.6) is 0 Å². The summed E-state index contributed by atoms with van der Waals surface area (Å²) in [6, 6.07) is 0. The molecule has 0 aromatic rings. The van der Waals surface area contributed by atoms with Crippen LogP contribution in [0.15, 0.2) is 0 Å². The van der Waals surface area contributed by atoms with Gasteiger partial charge in [-0.1, -0.05) is 0 Å². The zero-order valence-electron chi connectivity index (χ0n) is 4.79. The van der Waals surface area contributed by atoms with Gasteiger partial charge in [-0.25, -0.2) is 0 Å². The molecule has 0 bridgehead atoms. The predicted octanol–water partition coefficient (Wildman–Crippen LogP) is -0.0729. The van der Waals surface area contributed by atoms with Gasteiger partial charge >= 0.3 is 0 Å². The van der Waals surface area contributed by atoms with Crippen molar-refractivity contribution in [3.05, 3.63) is 0 Å². The Kier molecular flexibility index (Phi) is 5.66. The first-order valence-electron chi connectivity index (χ1n) is 2.38. The Balaban J connectivity index is 2.92. The molecule has 8 heavy (non-hydrogen) atoms. The normalized spacial score (nSPS) is 15.4. The second kappa shape index (κ2) is 5.45. The molecule has 0 fully saturated rings. The largest absolute Gasteiger partial charge is 0.396 e. The lowest BCUT2D eigenvalue weighted by Crippen LogP contribution is -2.00.